The molecule has 0 saturated carbocycles. The van der Waals surface area contributed by atoms with E-state index in [0.29, 0.717) is 23.8 Å². The molecule has 30 heavy (non-hydrogen) atoms. The van der Waals surface area contributed by atoms with Gasteiger partial charge >= 0.3 is 0 Å². The molecule has 3 aromatic rings. The molecule has 1 fully saturated rings. The molecule has 0 atom stereocenters. The fourth-order valence-corrected chi connectivity index (χ4v) is 5.89. The van der Waals surface area contributed by atoms with Crippen LogP contribution in [0.5, 0.6) is 0 Å². The van der Waals surface area contributed by atoms with E-state index in [1.54, 1.807) is 11.8 Å². The van der Waals surface area contributed by atoms with Gasteiger partial charge in [0.15, 0.2) is 5.13 Å². The number of amides is 1. The Bertz CT molecular complexity index is 1130. The van der Waals surface area contributed by atoms with E-state index in [0.717, 1.165) is 24.1 Å². The normalized spacial score (nSPS) is 14.7. The van der Waals surface area contributed by atoms with Crippen LogP contribution in [-0.4, -0.2) is 43.0 Å². The molecule has 0 spiro atoms. The molecule has 0 unspecified atom stereocenters. The lowest BCUT2D eigenvalue weighted by molar-refractivity contribution is 0.102. The zero-order valence-corrected chi connectivity index (χ0v) is 18.8. The molecule has 1 aromatic heterocycles. The summed E-state index contributed by atoms with van der Waals surface area (Å²) in [5.41, 5.74) is 2.17. The molecule has 156 valence electrons. The fraction of sp³-hybridized carbons (Fsp3) is 0.238. The summed E-state index contributed by atoms with van der Waals surface area (Å²) in [6.07, 6.45) is 3.80. The minimum atomic E-state index is -3.48. The minimum absolute atomic E-state index is 0.214. The number of anilines is 1. The molecule has 1 aliphatic rings. The third-order valence-electron chi connectivity index (χ3n) is 4.93. The third-order valence-corrected chi connectivity index (χ3v) is 8.34. The third kappa shape index (κ3) is 4.44. The second-order valence-electron chi connectivity index (χ2n) is 6.86. The van der Waals surface area contributed by atoms with Crippen molar-refractivity contribution in [2.75, 3.05) is 24.7 Å². The lowest BCUT2D eigenvalue weighted by atomic mass is 10.2. The van der Waals surface area contributed by atoms with Crippen LogP contribution in [0.4, 0.5) is 5.13 Å². The first-order chi connectivity index (χ1) is 14.5. The zero-order valence-electron chi connectivity index (χ0n) is 16.4. The van der Waals surface area contributed by atoms with Crippen LogP contribution in [0.1, 0.15) is 23.2 Å². The largest absolute Gasteiger partial charge is 0.298 e. The number of thioether (sulfide) groups is 1. The number of aromatic nitrogens is 1. The molecule has 1 saturated heterocycles. The number of thiazole rings is 1. The van der Waals surface area contributed by atoms with Crippen molar-refractivity contribution in [1.29, 1.82) is 0 Å². The van der Waals surface area contributed by atoms with Crippen LogP contribution in [0, 0.1) is 0 Å². The van der Waals surface area contributed by atoms with E-state index in [9.17, 15) is 13.2 Å². The molecular weight excluding hydrogens is 438 g/mol. The van der Waals surface area contributed by atoms with Gasteiger partial charge in [0.2, 0.25) is 10.0 Å². The first-order valence-corrected chi connectivity index (χ1v) is 13.0. The zero-order chi connectivity index (χ0) is 21.1. The highest BCUT2D eigenvalue weighted by Crippen LogP contribution is 2.27. The van der Waals surface area contributed by atoms with E-state index in [1.165, 1.54) is 44.8 Å². The van der Waals surface area contributed by atoms with Gasteiger partial charge < -0.3 is 0 Å². The van der Waals surface area contributed by atoms with Crippen LogP contribution in [0.15, 0.2) is 63.7 Å². The van der Waals surface area contributed by atoms with Crippen LogP contribution in [0.2, 0.25) is 0 Å². The first kappa shape index (κ1) is 21.0. The van der Waals surface area contributed by atoms with Crippen molar-refractivity contribution in [2.45, 2.75) is 22.6 Å². The molecule has 0 aliphatic carbocycles. The summed E-state index contributed by atoms with van der Waals surface area (Å²) in [5.74, 6) is -0.321. The second kappa shape index (κ2) is 8.89. The molecule has 1 N–H and O–H groups in total. The van der Waals surface area contributed by atoms with E-state index >= 15 is 0 Å². The number of hydrogen-bond acceptors (Lipinski definition) is 6. The average Bonchev–Trinajstić information content (AvgIpc) is 3.47. The number of nitrogens with one attached hydrogen (secondary N) is 1. The van der Waals surface area contributed by atoms with Crippen molar-refractivity contribution in [3.8, 4) is 11.3 Å². The minimum Gasteiger partial charge on any atom is -0.298 e. The monoisotopic (exact) mass is 459 g/mol. The summed E-state index contributed by atoms with van der Waals surface area (Å²) >= 11 is 3.03. The summed E-state index contributed by atoms with van der Waals surface area (Å²) in [5, 5.41) is 5.18. The van der Waals surface area contributed by atoms with Gasteiger partial charge in [-0.05, 0) is 55.5 Å². The van der Waals surface area contributed by atoms with E-state index in [2.05, 4.69) is 10.3 Å². The van der Waals surface area contributed by atoms with E-state index in [-0.39, 0.29) is 10.8 Å². The molecule has 1 amide bonds. The Morgan fingerprint density at radius 3 is 2.37 bits per heavy atom. The molecule has 2 heterocycles. The summed E-state index contributed by atoms with van der Waals surface area (Å²) in [6, 6.07) is 14.1. The number of benzene rings is 2. The van der Waals surface area contributed by atoms with Crippen LogP contribution in [-0.2, 0) is 10.0 Å². The van der Waals surface area contributed by atoms with Crippen LogP contribution >= 0.6 is 23.1 Å². The van der Waals surface area contributed by atoms with E-state index in [1.807, 2.05) is 35.9 Å². The number of carbonyl (C=O) groups excluding carboxylic acids is 1. The van der Waals surface area contributed by atoms with Crippen molar-refractivity contribution in [3.05, 3.63) is 59.5 Å². The number of nitrogens with zero attached hydrogens (tertiary/aromatic N) is 2. The molecule has 0 radical (unpaired) electrons. The number of hydrogen-bond donors (Lipinski definition) is 1. The van der Waals surface area contributed by atoms with Crippen molar-refractivity contribution in [1.82, 2.24) is 9.29 Å². The topological polar surface area (TPSA) is 79.4 Å². The molecule has 2 aromatic carbocycles. The maximum atomic E-state index is 12.6. The quantitative estimate of drug-likeness (QED) is 0.546. The molecule has 1 aliphatic heterocycles. The standard InChI is InChI=1S/C21H21N3O3S3/c1-28-17-8-4-15(5-9-17)19-14-29-21(22-19)23-20(25)16-6-10-18(11-7-16)30(26,27)24-12-2-3-13-24/h4-11,14H,2-3,12-13H2,1H3,(H,22,23,25). The van der Waals surface area contributed by atoms with E-state index in [4.69, 9.17) is 0 Å². The van der Waals surface area contributed by atoms with Gasteiger partial charge in [0.1, 0.15) is 0 Å². The van der Waals surface area contributed by atoms with Crippen molar-refractivity contribution < 1.29 is 13.2 Å². The summed E-state index contributed by atoms with van der Waals surface area (Å²) < 4.78 is 26.7. The van der Waals surface area contributed by atoms with Gasteiger partial charge in [-0.25, -0.2) is 13.4 Å². The predicted octanol–water partition coefficient (Wildman–Crippen LogP) is 4.57. The highest BCUT2D eigenvalue weighted by molar-refractivity contribution is 7.98. The van der Waals surface area contributed by atoms with Gasteiger partial charge in [-0.15, -0.1) is 23.1 Å². The van der Waals surface area contributed by atoms with E-state index < -0.39 is 10.0 Å². The van der Waals surface area contributed by atoms with Crippen molar-refractivity contribution in [3.63, 3.8) is 0 Å². The predicted molar refractivity (Wildman–Crippen MR) is 122 cm³/mol. The summed E-state index contributed by atoms with van der Waals surface area (Å²) in [6.45, 7) is 1.11. The van der Waals surface area contributed by atoms with Gasteiger partial charge in [-0.1, -0.05) is 12.1 Å². The maximum Gasteiger partial charge on any atom is 0.257 e. The van der Waals surface area contributed by atoms with Crippen molar-refractivity contribution in [2.24, 2.45) is 0 Å². The Hall–Kier alpha value is -2.20. The number of rotatable bonds is 6. The molecular formula is C21H21N3O3S3. The Balaban J connectivity index is 1.44. The Morgan fingerprint density at radius 1 is 1.07 bits per heavy atom. The fourth-order valence-electron chi connectivity index (χ4n) is 3.25. The number of sulfonamides is 1. The lowest BCUT2D eigenvalue weighted by Crippen LogP contribution is -2.27. The summed E-state index contributed by atoms with van der Waals surface area (Å²) in [4.78, 5) is 18.4. The van der Waals surface area contributed by atoms with Gasteiger partial charge in [0.25, 0.3) is 5.91 Å². The second-order valence-corrected chi connectivity index (χ2v) is 10.5. The van der Waals surface area contributed by atoms with Crippen LogP contribution < -0.4 is 5.32 Å². The van der Waals surface area contributed by atoms with Crippen molar-refractivity contribution >= 4 is 44.2 Å². The molecule has 0 bridgehead atoms. The highest BCUT2D eigenvalue weighted by atomic mass is 32.2. The van der Waals surface area contributed by atoms with Gasteiger partial charge in [-0.2, -0.15) is 4.31 Å². The van der Waals surface area contributed by atoms with Crippen LogP contribution in [0.25, 0.3) is 11.3 Å². The number of carbonyl (C=O) groups is 1. The smallest absolute Gasteiger partial charge is 0.257 e. The van der Waals surface area contributed by atoms with Crippen LogP contribution in [0.3, 0.4) is 0 Å². The maximum absolute atomic E-state index is 12.6. The average molecular weight is 460 g/mol. The molecule has 9 heteroatoms. The molecule has 6 nitrogen and oxygen atoms in total. The Kier molecular flexibility index (Phi) is 6.24. The van der Waals surface area contributed by atoms with Gasteiger partial charge in [0, 0.05) is 34.5 Å². The molecule has 4 rings (SSSR count). The lowest BCUT2D eigenvalue weighted by Gasteiger charge is -2.15. The Morgan fingerprint density at radius 2 is 1.73 bits per heavy atom. The summed E-state index contributed by atoms with van der Waals surface area (Å²) in [7, 11) is -3.48. The van der Waals surface area contributed by atoms with Gasteiger partial charge in [0.05, 0.1) is 10.6 Å². The first-order valence-electron chi connectivity index (χ1n) is 9.49. The van der Waals surface area contributed by atoms with Gasteiger partial charge in [-0.3, -0.25) is 10.1 Å². The Labute approximate surface area is 184 Å². The SMILES string of the molecule is CSc1ccc(-c2csc(NC(=O)c3ccc(S(=O)(=O)N4CCCC4)cc3)n2)cc1. The highest BCUT2D eigenvalue weighted by Gasteiger charge is 2.27.